The van der Waals surface area contributed by atoms with E-state index in [1.165, 1.54) is 11.0 Å². The van der Waals surface area contributed by atoms with Gasteiger partial charge in [-0.1, -0.05) is 24.3 Å². The van der Waals surface area contributed by atoms with Crippen molar-refractivity contribution in [1.29, 1.82) is 0 Å². The summed E-state index contributed by atoms with van der Waals surface area (Å²) in [6.45, 7) is 0.457. The third-order valence-corrected chi connectivity index (χ3v) is 4.75. The minimum Gasteiger partial charge on any atom is -0.307 e. The van der Waals surface area contributed by atoms with Crippen molar-refractivity contribution in [3.8, 4) is 11.1 Å². The fourth-order valence-corrected chi connectivity index (χ4v) is 3.40. The Morgan fingerprint density at radius 1 is 0.964 bits per heavy atom. The van der Waals surface area contributed by atoms with Crippen LogP contribution in [-0.4, -0.2) is 29.1 Å². The standard InChI is InChI=1S/C21H16N6O/c28-21-20-15(4-3-5-18(20)16-10-22-14-23-11-16)12-24-27(21)9-7-17-13-26-8-2-1-6-19(26)25-17/h1-6,8,10-14H,7,9H2. The molecule has 5 rings (SSSR count). The molecule has 0 aliphatic rings. The van der Waals surface area contributed by atoms with Crippen LogP contribution in [0.3, 0.4) is 0 Å². The van der Waals surface area contributed by atoms with Crippen LogP contribution in [0, 0.1) is 0 Å². The first-order valence-corrected chi connectivity index (χ1v) is 8.96. The molecule has 0 unspecified atom stereocenters. The Morgan fingerprint density at radius 2 is 1.86 bits per heavy atom. The summed E-state index contributed by atoms with van der Waals surface area (Å²) in [5.74, 6) is 0. The minimum absolute atomic E-state index is 0.124. The second-order valence-electron chi connectivity index (χ2n) is 6.52. The Bertz CT molecular complexity index is 1310. The maximum absolute atomic E-state index is 13.2. The Hall–Kier alpha value is -3.87. The van der Waals surface area contributed by atoms with Crippen LogP contribution in [0.5, 0.6) is 0 Å². The molecule has 0 N–H and O–H groups in total. The van der Waals surface area contributed by atoms with Gasteiger partial charge in [0.15, 0.2) is 0 Å². The Morgan fingerprint density at radius 3 is 2.71 bits per heavy atom. The fraction of sp³-hybridized carbons (Fsp3) is 0.0952. The molecule has 7 nitrogen and oxygen atoms in total. The Labute approximate surface area is 160 Å². The van der Waals surface area contributed by atoms with E-state index in [1.54, 1.807) is 18.6 Å². The van der Waals surface area contributed by atoms with E-state index < -0.39 is 0 Å². The predicted molar refractivity (Wildman–Crippen MR) is 106 cm³/mol. The summed E-state index contributed by atoms with van der Waals surface area (Å²) in [5.41, 5.74) is 3.31. The summed E-state index contributed by atoms with van der Waals surface area (Å²) < 4.78 is 3.47. The van der Waals surface area contributed by atoms with Gasteiger partial charge in [-0.2, -0.15) is 5.10 Å². The lowest BCUT2D eigenvalue weighted by Crippen LogP contribution is -2.24. The summed E-state index contributed by atoms with van der Waals surface area (Å²) >= 11 is 0. The highest BCUT2D eigenvalue weighted by atomic mass is 16.1. The topological polar surface area (TPSA) is 78.0 Å². The summed E-state index contributed by atoms with van der Waals surface area (Å²) in [6, 6.07) is 11.6. The zero-order valence-corrected chi connectivity index (χ0v) is 14.9. The predicted octanol–water partition coefficient (Wildman–Crippen LogP) is 2.74. The molecule has 0 fully saturated rings. The van der Waals surface area contributed by atoms with Crippen molar-refractivity contribution < 1.29 is 0 Å². The number of benzene rings is 1. The number of nitrogens with zero attached hydrogens (tertiary/aromatic N) is 6. The number of hydrogen-bond acceptors (Lipinski definition) is 5. The number of aromatic nitrogens is 6. The van der Waals surface area contributed by atoms with E-state index in [4.69, 9.17) is 0 Å². The molecule has 7 heteroatoms. The van der Waals surface area contributed by atoms with Crippen LogP contribution in [0.15, 0.2) is 78.5 Å². The van der Waals surface area contributed by atoms with E-state index in [0.29, 0.717) is 18.4 Å². The van der Waals surface area contributed by atoms with Crippen LogP contribution < -0.4 is 5.56 Å². The molecule has 0 spiro atoms. The normalized spacial score (nSPS) is 11.3. The van der Waals surface area contributed by atoms with Crippen molar-refractivity contribution in [3.05, 3.63) is 89.8 Å². The lowest BCUT2D eigenvalue weighted by Gasteiger charge is -2.08. The van der Waals surface area contributed by atoms with Gasteiger partial charge < -0.3 is 4.40 Å². The van der Waals surface area contributed by atoms with Crippen molar-refractivity contribution >= 4 is 16.4 Å². The van der Waals surface area contributed by atoms with Gasteiger partial charge in [-0.3, -0.25) is 4.79 Å². The number of fused-ring (bicyclic) bond motifs is 2. The maximum Gasteiger partial charge on any atom is 0.275 e. The van der Waals surface area contributed by atoms with Gasteiger partial charge in [0.2, 0.25) is 0 Å². The average molecular weight is 368 g/mol. The van der Waals surface area contributed by atoms with E-state index in [0.717, 1.165) is 27.9 Å². The highest BCUT2D eigenvalue weighted by molar-refractivity contribution is 5.95. The molecular weight excluding hydrogens is 352 g/mol. The highest BCUT2D eigenvalue weighted by Gasteiger charge is 2.11. The number of rotatable bonds is 4. The Balaban J connectivity index is 1.53. The first-order chi connectivity index (χ1) is 13.8. The second kappa shape index (κ2) is 6.70. The first-order valence-electron chi connectivity index (χ1n) is 8.96. The molecule has 28 heavy (non-hydrogen) atoms. The van der Waals surface area contributed by atoms with E-state index in [2.05, 4.69) is 20.1 Å². The largest absolute Gasteiger partial charge is 0.307 e. The van der Waals surface area contributed by atoms with E-state index in [-0.39, 0.29) is 5.56 Å². The molecule has 4 heterocycles. The quantitative estimate of drug-likeness (QED) is 0.487. The molecule has 0 aliphatic heterocycles. The zero-order valence-electron chi connectivity index (χ0n) is 14.9. The van der Waals surface area contributed by atoms with Crippen LogP contribution >= 0.6 is 0 Å². The SMILES string of the molecule is O=c1c2c(-c3cncnc3)cccc2cnn1CCc1cn2ccccc2n1. The van der Waals surface area contributed by atoms with Crippen LogP contribution in [0.1, 0.15) is 5.69 Å². The van der Waals surface area contributed by atoms with Gasteiger partial charge in [-0.15, -0.1) is 0 Å². The summed E-state index contributed by atoms with van der Waals surface area (Å²) in [4.78, 5) is 25.9. The van der Waals surface area contributed by atoms with Crippen molar-refractivity contribution in [2.24, 2.45) is 0 Å². The van der Waals surface area contributed by atoms with Crippen LogP contribution in [0.4, 0.5) is 0 Å². The number of hydrogen-bond donors (Lipinski definition) is 0. The molecule has 0 saturated heterocycles. The van der Waals surface area contributed by atoms with Gasteiger partial charge >= 0.3 is 0 Å². The third kappa shape index (κ3) is 2.83. The Kier molecular flexibility index (Phi) is 3.90. The molecule has 5 aromatic rings. The van der Waals surface area contributed by atoms with Crippen molar-refractivity contribution in [2.75, 3.05) is 0 Å². The van der Waals surface area contributed by atoms with Gasteiger partial charge in [0.1, 0.15) is 12.0 Å². The molecule has 0 bridgehead atoms. The van der Waals surface area contributed by atoms with Crippen LogP contribution in [-0.2, 0) is 13.0 Å². The van der Waals surface area contributed by atoms with Gasteiger partial charge in [0.25, 0.3) is 5.56 Å². The number of aryl methyl sites for hydroxylation is 2. The van der Waals surface area contributed by atoms with Gasteiger partial charge in [0, 0.05) is 42.2 Å². The minimum atomic E-state index is -0.124. The molecule has 0 aliphatic carbocycles. The highest BCUT2D eigenvalue weighted by Crippen LogP contribution is 2.24. The van der Waals surface area contributed by atoms with Crippen LogP contribution in [0.25, 0.3) is 27.5 Å². The third-order valence-electron chi connectivity index (χ3n) is 4.75. The average Bonchev–Trinajstić information content (AvgIpc) is 3.16. The van der Waals surface area contributed by atoms with E-state index >= 15 is 0 Å². The van der Waals surface area contributed by atoms with E-state index in [1.807, 2.05) is 53.2 Å². The van der Waals surface area contributed by atoms with Gasteiger partial charge in [-0.05, 0) is 17.7 Å². The zero-order chi connectivity index (χ0) is 18.9. The summed E-state index contributed by atoms with van der Waals surface area (Å²) in [5, 5.41) is 5.78. The monoisotopic (exact) mass is 368 g/mol. The summed E-state index contributed by atoms with van der Waals surface area (Å²) in [6.07, 6.45) is 11.2. The lowest BCUT2D eigenvalue weighted by atomic mass is 10.0. The maximum atomic E-state index is 13.2. The molecule has 1 aromatic carbocycles. The van der Waals surface area contributed by atoms with Crippen LogP contribution in [0.2, 0.25) is 0 Å². The lowest BCUT2D eigenvalue weighted by molar-refractivity contribution is 0.580. The smallest absolute Gasteiger partial charge is 0.275 e. The first kappa shape index (κ1) is 16.3. The van der Waals surface area contributed by atoms with Crippen molar-refractivity contribution in [1.82, 2.24) is 29.1 Å². The van der Waals surface area contributed by atoms with Crippen molar-refractivity contribution in [3.63, 3.8) is 0 Å². The van der Waals surface area contributed by atoms with Crippen molar-refractivity contribution in [2.45, 2.75) is 13.0 Å². The van der Waals surface area contributed by atoms with E-state index in [9.17, 15) is 4.79 Å². The summed E-state index contributed by atoms with van der Waals surface area (Å²) in [7, 11) is 0. The molecular formula is C21H16N6O. The number of imidazole rings is 1. The molecule has 4 aromatic heterocycles. The van der Waals surface area contributed by atoms with Gasteiger partial charge in [-0.25, -0.2) is 19.6 Å². The molecule has 0 radical (unpaired) electrons. The molecule has 0 saturated carbocycles. The second-order valence-corrected chi connectivity index (χ2v) is 6.52. The molecule has 136 valence electrons. The molecule has 0 atom stereocenters. The number of pyridine rings is 1. The molecule has 0 amide bonds. The van der Waals surface area contributed by atoms with Gasteiger partial charge in [0.05, 0.1) is 23.8 Å². The fourth-order valence-electron chi connectivity index (χ4n) is 3.40.